The van der Waals surface area contributed by atoms with Gasteiger partial charge in [0, 0.05) is 17.3 Å². The van der Waals surface area contributed by atoms with Crippen molar-refractivity contribution in [2.24, 2.45) is 0 Å². The summed E-state index contributed by atoms with van der Waals surface area (Å²) >= 11 is 5.89. The standard InChI is InChI=1S/C21H27ClN2O10/c1-9-14(26)15(27)17(29)20(31-9)34-19-12(8-25)32-21(18(30)16(19)28)33-13-6-7-24(23-13)11-4-2-10(22)3-5-11/h2-7,9,12,14-21,25-30H,8H2,1H3/t9-,12+,14-,15+,16+,17+,18+,19+,20+,21+/m0/s1. The average molecular weight is 503 g/mol. The molecule has 34 heavy (non-hydrogen) atoms. The van der Waals surface area contributed by atoms with Crippen LogP contribution in [0.15, 0.2) is 36.5 Å². The number of ether oxygens (including phenoxy) is 4. The van der Waals surface area contributed by atoms with Crippen LogP contribution in [0.5, 0.6) is 5.88 Å². The van der Waals surface area contributed by atoms with Crippen molar-refractivity contribution in [2.45, 2.75) is 68.3 Å². The molecule has 1 aromatic heterocycles. The molecular weight excluding hydrogens is 476 g/mol. The highest BCUT2D eigenvalue weighted by Gasteiger charge is 2.50. The fourth-order valence-corrected chi connectivity index (χ4v) is 3.95. The summed E-state index contributed by atoms with van der Waals surface area (Å²) in [4.78, 5) is 0. The fraction of sp³-hybridized carbons (Fsp3) is 0.571. The third kappa shape index (κ3) is 5.06. The van der Waals surface area contributed by atoms with Gasteiger partial charge in [-0.15, -0.1) is 5.10 Å². The van der Waals surface area contributed by atoms with E-state index in [2.05, 4.69) is 5.10 Å². The van der Waals surface area contributed by atoms with E-state index in [1.807, 2.05) is 0 Å². The van der Waals surface area contributed by atoms with Gasteiger partial charge in [0.25, 0.3) is 0 Å². The van der Waals surface area contributed by atoms with Crippen molar-refractivity contribution in [2.75, 3.05) is 6.61 Å². The topological polar surface area (TPSA) is 176 Å². The molecule has 6 N–H and O–H groups in total. The maximum Gasteiger partial charge on any atom is 0.235 e. The van der Waals surface area contributed by atoms with E-state index in [0.717, 1.165) is 0 Å². The number of rotatable bonds is 6. The molecule has 3 heterocycles. The molecule has 2 aliphatic rings. The minimum absolute atomic E-state index is 0.0826. The molecule has 0 radical (unpaired) electrons. The van der Waals surface area contributed by atoms with Crippen LogP contribution in [0.1, 0.15) is 6.92 Å². The molecule has 2 aromatic rings. The largest absolute Gasteiger partial charge is 0.444 e. The van der Waals surface area contributed by atoms with Crippen molar-refractivity contribution < 1.29 is 49.6 Å². The number of aliphatic hydroxyl groups is 6. The Hall–Kier alpha value is -1.84. The number of halogens is 1. The van der Waals surface area contributed by atoms with Crippen molar-refractivity contribution in [3.63, 3.8) is 0 Å². The molecule has 4 rings (SSSR count). The Morgan fingerprint density at radius 3 is 2.26 bits per heavy atom. The van der Waals surface area contributed by atoms with Crippen LogP contribution in [0.2, 0.25) is 5.02 Å². The monoisotopic (exact) mass is 502 g/mol. The smallest absolute Gasteiger partial charge is 0.235 e. The fourth-order valence-electron chi connectivity index (χ4n) is 3.83. The second-order valence-corrected chi connectivity index (χ2v) is 8.62. The molecule has 2 aliphatic heterocycles. The first-order valence-electron chi connectivity index (χ1n) is 10.7. The van der Waals surface area contributed by atoms with Crippen LogP contribution >= 0.6 is 11.6 Å². The average Bonchev–Trinajstić information content (AvgIpc) is 3.29. The van der Waals surface area contributed by atoms with Crippen LogP contribution in [-0.4, -0.2) is 108 Å². The van der Waals surface area contributed by atoms with E-state index in [-0.39, 0.29) is 5.88 Å². The Kier molecular flexibility index (Phi) is 7.74. The Balaban J connectivity index is 1.43. The first-order chi connectivity index (χ1) is 16.2. The lowest BCUT2D eigenvalue weighted by Gasteiger charge is -2.45. The maximum atomic E-state index is 10.7. The summed E-state index contributed by atoms with van der Waals surface area (Å²) in [5.41, 5.74) is 0.707. The van der Waals surface area contributed by atoms with Gasteiger partial charge in [-0.2, -0.15) is 0 Å². The van der Waals surface area contributed by atoms with Crippen molar-refractivity contribution in [3.05, 3.63) is 41.6 Å². The van der Waals surface area contributed by atoms with Crippen LogP contribution in [0.4, 0.5) is 0 Å². The molecule has 2 saturated heterocycles. The van der Waals surface area contributed by atoms with Crippen molar-refractivity contribution >= 4 is 11.6 Å². The predicted octanol–water partition coefficient (Wildman–Crippen LogP) is -1.44. The first-order valence-corrected chi connectivity index (χ1v) is 11.0. The van der Waals surface area contributed by atoms with Crippen molar-refractivity contribution in [1.82, 2.24) is 9.78 Å². The molecule has 0 saturated carbocycles. The molecule has 1 aromatic carbocycles. The van der Waals surface area contributed by atoms with Gasteiger partial charge in [-0.05, 0) is 31.2 Å². The highest BCUT2D eigenvalue weighted by Crippen LogP contribution is 2.30. The molecule has 0 spiro atoms. The zero-order chi connectivity index (χ0) is 24.6. The molecular formula is C21H27ClN2O10. The van der Waals surface area contributed by atoms with Gasteiger partial charge in [0.15, 0.2) is 6.29 Å². The van der Waals surface area contributed by atoms with E-state index >= 15 is 0 Å². The van der Waals surface area contributed by atoms with E-state index in [9.17, 15) is 30.6 Å². The van der Waals surface area contributed by atoms with E-state index in [4.69, 9.17) is 30.5 Å². The van der Waals surface area contributed by atoms with Gasteiger partial charge < -0.3 is 49.6 Å². The molecule has 0 bridgehead atoms. The quantitative estimate of drug-likeness (QED) is 0.272. The number of benzene rings is 1. The second kappa shape index (κ2) is 10.4. The summed E-state index contributed by atoms with van der Waals surface area (Å²) in [7, 11) is 0. The van der Waals surface area contributed by atoms with Crippen LogP contribution in [0.3, 0.4) is 0 Å². The predicted molar refractivity (Wildman–Crippen MR) is 114 cm³/mol. The van der Waals surface area contributed by atoms with Crippen LogP contribution in [0.25, 0.3) is 5.69 Å². The number of aromatic nitrogens is 2. The Labute approximate surface area is 199 Å². The molecule has 188 valence electrons. The minimum atomic E-state index is -1.64. The van der Waals surface area contributed by atoms with Gasteiger partial charge in [0.1, 0.15) is 42.7 Å². The van der Waals surface area contributed by atoms with E-state index in [1.165, 1.54) is 17.7 Å². The molecule has 10 atom stereocenters. The minimum Gasteiger partial charge on any atom is -0.444 e. The third-order valence-electron chi connectivity index (χ3n) is 5.81. The lowest BCUT2D eigenvalue weighted by Crippen LogP contribution is -2.64. The van der Waals surface area contributed by atoms with Gasteiger partial charge in [0.2, 0.25) is 12.2 Å². The molecule has 2 fully saturated rings. The van der Waals surface area contributed by atoms with E-state index in [1.54, 1.807) is 30.5 Å². The van der Waals surface area contributed by atoms with E-state index < -0.39 is 68.0 Å². The summed E-state index contributed by atoms with van der Waals surface area (Å²) in [5.74, 6) is 0.0826. The van der Waals surface area contributed by atoms with Gasteiger partial charge >= 0.3 is 0 Å². The van der Waals surface area contributed by atoms with Gasteiger partial charge in [-0.25, -0.2) is 4.68 Å². The maximum absolute atomic E-state index is 10.7. The molecule has 13 heteroatoms. The highest BCUT2D eigenvalue weighted by atomic mass is 35.5. The Morgan fingerprint density at radius 2 is 1.59 bits per heavy atom. The highest BCUT2D eigenvalue weighted by molar-refractivity contribution is 6.30. The van der Waals surface area contributed by atoms with Gasteiger partial charge in [-0.1, -0.05) is 11.6 Å². The third-order valence-corrected chi connectivity index (χ3v) is 6.06. The second-order valence-electron chi connectivity index (χ2n) is 8.18. The van der Waals surface area contributed by atoms with Crippen LogP contribution in [-0.2, 0) is 14.2 Å². The zero-order valence-electron chi connectivity index (χ0n) is 18.0. The normalized spacial score (nSPS) is 38.6. The summed E-state index contributed by atoms with van der Waals surface area (Å²) in [6.45, 7) is 0.840. The Bertz CT molecular complexity index is 944. The summed E-state index contributed by atoms with van der Waals surface area (Å²) < 4.78 is 23.6. The number of hydrogen-bond acceptors (Lipinski definition) is 11. The van der Waals surface area contributed by atoms with Gasteiger partial charge in [0.05, 0.1) is 18.4 Å². The van der Waals surface area contributed by atoms with Crippen LogP contribution < -0.4 is 4.74 Å². The van der Waals surface area contributed by atoms with Crippen molar-refractivity contribution in [3.8, 4) is 11.6 Å². The molecule has 0 unspecified atom stereocenters. The molecule has 0 amide bonds. The first kappa shape index (κ1) is 25.3. The summed E-state index contributed by atoms with van der Waals surface area (Å²) in [6.07, 6.45) is -12.4. The zero-order valence-corrected chi connectivity index (χ0v) is 18.8. The molecule has 0 aliphatic carbocycles. The van der Waals surface area contributed by atoms with Crippen LogP contribution in [0, 0.1) is 0 Å². The van der Waals surface area contributed by atoms with Gasteiger partial charge in [-0.3, -0.25) is 0 Å². The number of nitrogens with zero attached hydrogens (tertiary/aromatic N) is 2. The lowest BCUT2D eigenvalue weighted by molar-refractivity contribution is -0.349. The lowest BCUT2D eigenvalue weighted by atomic mass is 9.97. The van der Waals surface area contributed by atoms with Crippen molar-refractivity contribution in [1.29, 1.82) is 0 Å². The SMILES string of the molecule is C[C@@H]1O[C@H](O[C@H]2[C@H](O)[C@@H](O)[C@@H](Oc3ccn(-c4ccc(Cl)cc4)n3)O[C@@H]2CO)[C@H](O)[C@H](O)[C@H]1O. The van der Waals surface area contributed by atoms with E-state index in [0.29, 0.717) is 10.7 Å². The summed E-state index contributed by atoms with van der Waals surface area (Å²) in [6, 6.07) is 8.41. The number of hydrogen-bond donors (Lipinski definition) is 6. The molecule has 12 nitrogen and oxygen atoms in total. The summed E-state index contributed by atoms with van der Waals surface area (Å²) in [5, 5.41) is 65.8. The Morgan fingerprint density at radius 1 is 0.912 bits per heavy atom. The number of aliphatic hydroxyl groups excluding tert-OH is 6.